The van der Waals surface area contributed by atoms with Gasteiger partial charge in [-0.2, -0.15) is 4.98 Å². The van der Waals surface area contributed by atoms with Crippen molar-refractivity contribution < 1.29 is 9.32 Å². The van der Waals surface area contributed by atoms with Crippen molar-refractivity contribution in [3.63, 3.8) is 0 Å². The molecule has 7 heteroatoms. The Balaban J connectivity index is 1.52. The number of carbonyl (C=O) groups excluding carboxylic acids is 1. The lowest BCUT2D eigenvalue weighted by atomic mass is 9.89. The van der Waals surface area contributed by atoms with Crippen molar-refractivity contribution in [2.45, 2.75) is 63.8 Å². The fourth-order valence-corrected chi connectivity index (χ4v) is 3.73. The number of rotatable bonds is 6. The maximum atomic E-state index is 12.2. The number of nitrogens with one attached hydrogen (secondary N) is 1. The van der Waals surface area contributed by atoms with Gasteiger partial charge in [0.25, 0.3) is 0 Å². The van der Waals surface area contributed by atoms with E-state index in [1.807, 2.05) is 19.1 Å². The number of hydrogen-bond donors (Lipinski definition) is 1. The number of amides is 1. The number of nitrogens with zero attached hydrogens (tertiary/aromatic N) is 2. The lowest BCUT2D eigenvalue weighted by molar-refractivity contribution is -0.121. The third-order valence-electron chi connectivity index (χ3n) is 4.83. The summed E-state index contributed by atoms with van der Waals surface area (Å²) >= 11 is 12.2. The van der Waals surface area contributed by atoms with Crippen molar-refractivity contribution in [3.8, 4) is 0 Å². The first-order valence-electron chi connectivity index (χ1n) is 9.10. The molecule has 1 heterocycles. The second kappa shape index (κ2) is 8.87. The minimum Gasteiger partial charge on any atom is -0.345 e. The van der Waals surface area contributed by atoms with Crippen LogP contribution in [0.25, 0.3) is 0 Å². The molecule has 0 spiro atoms. The van der Waals surface area contributed by atoms with Gasteiger partial charge in [-0.05, 0) is 37.8 Å². The molecule has 5 nitrogen and oxygen atoms in total. The van der Waals surface area contributed by atoms with E-state index >= 15 is 0 Å². The molecule has 3 rings (SSSR count). The summed E-state index contributed by atoms with van der Waals surface area (Å²) in [6.45, 7) is 1.85. The largest absolute Gasteiger partial charge is 0.345 e. The SMILES string of the molecule is C[C@H](NC(=O)CCc1cccc(Cl)c1Cl)c1nc(C2CCCCC2)no1. The quantitative estimate of drug-likeness (QED) is 0.726. The molecule has 0 radical (unpaired) electrons. The molecule has 1 N–H and O–H groups in total. The summed E-state index contributed by atoms with van der Waals surface area (Å²) in [6, 6.07) is 5.12. The Labute approximate surface area is 163 Å². The maximum Gasteiger partial charge on any atom is 0.248 e. The molecule has 1 amide bonds. The molecule has 26 heavy (non-hydrogen) atoms. The molecule has 1 aliphatic rings. The van der Waals surface area contributed by atoms with Gasteiger partial charge in [0, 0.05) is 12.3 Å². The van der Waals surface area contributed by atoms with Gasteiger partial charge >= 0.3 is 0 Å². The Morgan fingerprint density at radius 1 is 1.31 bits per heavy atom. The smallest absolute Gasteiger partial charge is 0.248 e. The topological polar surface area (TPSA) is 68.0 Å². The Morgan fingerprint density at radius 2 is 2.08 bits per heavy atom. The van der Waals surface area contributed by atoms with Gasteiger partial charge < -0.3 is 9.84 Å². The summed E-state index contributed by atoms with van der Waals surface area (Å²) in [5, 5.41) is 8.02. The molecule has 0 saturated heterocycles. The van der Waals surface area contributed by atoms with Crippen LogP contribution in [0.5, 0.6) is 0 Å². The molecule has 1 aromatic heterocycles. The predicted molar refractivity (Wildman–Crippen MR) is 101 cm³/mol. The average Bonchev–Trinajstić information content (AvgIpc) is 3.14. The summed E-state index contributed by atoms with van der Waals surface area (Å²) in [6.07, 6.45) is 6.77. The zero-order chi connectivity index (χ0) is 18.5. The predicted octanol–water partition coefficient (Wildman–Crippen LogP) is 5.23. The maximum absolute atomic E-state index is 12.2. The van der Waals surface area contributed by atoms with Crippen molar-refractivity contribution in [3.05, 3.63) is 45.5 Å². The highest BCUT2D eigenvalue weighted by Gasteiger charge is 2.23. The van der Waals surface area contributed by atoms with Gasteiger partial charge in [0.05, 0.1) is 10.0 Å². The van der Waals surface area contributed by atoms with E-state index in [0.717, 1.165) is 24.2 Å². The van der Waals surface area contributed by atoms with Crippen LogP contribution in [0, 0.1) is 0 Å². The highest BCUT2D eigenvalue weighted by molar-refractivity contribution is 6.42. The van der Waals surface area contributed by atoms with Crippen LogP contribution in [0.3, 0.4) is 0 Å². The van der Waals surface area contributed by atoms with E-state index in [0.29, 0.717) is 34.7 Å². The van der Waals surface area contributed by atoms with E-state index in [2.05, 4.69) is 15.5 Å². The number of halogens is 2. The van der Waals surface area contributed by atoms with Crippen LogP contribution in [-0.4, -0.2) is 16.0 Å². The molecule has 0 unspecified atom stereocenters. The third-order valence-corrected chi connectivity index (χ3v) is 5.69. The number of aromatic nitrogens is 2. The first-order chi connectivity index (χ1) is 12.5. The summed E-state index contributed by atoms with van der Waals surface area (Å²) in [5.41, 5.74) is 0.861. The number of hydrogen-bond acceptors (Lipinski definition) is 4. The van der Waals surface area contributed by atoms with E-state index in [1.165, 1.54) is 19.3 Å². The van der Waals surface area contributed by atoms with Gasteiger partial charge in [0.1, 0.15) is 6.04 Å². The molecule has 0 aliphatic heterocycles. The highest BCUT2D eigenvalue weighted by Crippen LogP contribution is 2.31. The fourth-order valence-electron chi connectivity index (χ4n) is 3.31. The van der Waals surface area contributed by atoms with Crippen LogP contribution in [-0.2, 0) is 11.2 Å². The van der Waals surface area contributed by atoms with E-state index < -0.39 is 0 Å². The standard InChI is InChI=1S/C19H23Cl2N3O2/c1-12(19-23-18(24-26-19)14-6-3-2-4-7-14)22-16(25)11-10-13-8-5-9-15(20)17(13)21/h5,8-9,12,14H,2-4,6-7,10-11H2,1H3,(H,22,25)/t12-/m0/s1. The molecule has 1 fully saturated rings. The van der Waals surface area contributed by atoms with Crippen molar-refractivity contribution in [2.75, 3.05) is 0 Å². The van der Waals surface area contributed by atoms with Gasteiger partial charge in [-0.25, -0.2) is 0 Å². The zero-order valence-electron chi connectivity index (χ0n) is 14.8. The normalized spacial score (nSPS) is 16.4. The van der Waals surface area contributed by atoms with Crippen molar-refractivity contribution >= 4 is 29.1 Å². The highest BCUT2D eigenvalue weighted by atomic mass is 35.5. The first-order valence-corrected chi connectivity index (χ1v) is 9.86. The molecule has 140 valence electrons. The monoisotopic (exact) mass is 395 g/mol. The summed E-state index contributed by atoms with van der Waals surface area (Å²) in [7, 11) is 0. The summed E-state index contributed by atoms with van der Waals surface area (Å²) in [4.78, 5) is 16.7. The first kappa shape index (κ1) is 19.2. The van der Waals surface area contributed by atoms with Gasteiger partial charge in [0.2, 0.25) is 11.8 Å². The zero-order valence-corrected chi connectivity index (χ0v) is 16.3. The minimum absolute atomic E-state index is 0.0917. The summed E-state index contributed by atoms with van der Waals surface area (Å²) < 4.78 is 5.36. The Kier molecular flexibility index (Phi) is 6.54. The van der Waals surface area contributed by atoms with E-state index in [-0.39, 0.29) is 11.9 Å². The molecular formula is C19H23Cl2N3O2. The van der Waals surface area contributed by atoms with Crippen LogP contribution in [0.2, 0.25) is 10.0 Å². The van der Waals surface area contributed by atoms with Crippen LogP contribution < -0.4 is 5.32 Å². The van der Waals surface area contributed by atoms with Crippen LogP contribution in [0.4, 0.5) is 0 Å². The Morgan fingerprint density at radius 3 is 2.85 bits per heavy atom. The lowest BCUT2D eigenvalue weighted by Crippen LogP contribution is -2.27. The molecule has 0 bridgehead atoms. The van der Waals surface area contributed by atoms with Crippen LogP contribution in [0.15, 0.2) is 22.7 Å². The molecule has 1 saturated carbocycles. The number of benzene rings is 1. The number of carbonyl (C=O) groups is 1. The van der Waals surface area contributed by atoms with Crippen molar-refractivity contribution in [2.24, 2.45) is 0 Å². The van der Waals surface area contributed by atoms with E-state index in [1.54, 1.807) is 6.07 Å². The molecule has 1 aliphatic carbocycles. The van der Waals surface area contributed by atoms with E-state index in [4.69, 9.17) is 27.7 Å². The van der Waals surface area contributed by atoms with Gasteiger partial charge in [-0.1, -0.05) is 59.8 Å². The number of aryl methyl sites for hydroxylation is 1. The molecule has 2 aromatic rings. The van der Waals surface area contributed by atoms with Crippen molar-refractivity contribution in [1.82, 2.24) is 15.5 Å². The molecule has 1 aromatic carbocycles. The van der Waals surface area contributed by atoms with E-state index in [9.17, 15) is 4.79 Å². The average molecular weight is 396 g/mol. The fraction of sp³-hybridized carbons (Fsp3) is 0.526. The second-order valence-electron chi connectivity index (χ2n) is 6.83. The minimum atomic E-state index is -0.317. The molecule has 1 atom stereocenters. The van der Waals surface area contributed by atoms with Crippen molar-refractivity contribution in [1.29, 1.82) is 0 Å². The van der Waals surface area contributed by atoms with Gasteiger partial charge in [0.15, 0.2) is 5.82 Å². The van der Waals surface area contributed by atoms with Crippen LogP contribution in [0.1, 0.15) is 74.7 Å². The Hall–Kier alpha value is -1.59. The Bertz CT molecular complexity index is 757. The molecular weight excluding hydrogens is 373 g/mol. The van der Waals surface area contributed by atoms with Gasteiger partial charge in [-0.3, -0.25) is 4.79 Å². The lowest BCUT2D eigenvalue weighted by Gasteiger charge is -2.17. The third kappa shape index (κ3) is 4.77. The summed E-state index contributed by atoms with van der Waals surface area (Å²) in [5.74, 6) is 1.52. The van der Waals surface area contributed by atoms with Gasteiger partial charge in [-0.15, -0.1) is 0 Å². The van der Waals surface area contributed by atoms with Crippen LogP contribution >= 0.6 is 23.2 Å². The second-order valence-corrected chi connectivity index (χ2v) is 7.61.